The van der Waals surface area contributed by atoms with Gasteiger partial charge in [0, 0.05) is 26.2 Å². The molecule has 3 rings (SSSR count). The minimum absolute atomic E-state index is 0.0626. The maximum absolute atomic E-state index is 12.5. The minimum atomic E-state index is -0.792. The third-order valence-corrected chi connectivity index (χ3v) is 5.26. The van der Waals surface area contributed by atoms with Crippen molar-refractivity contribution < 1.29 is 9.90 Å². The first-order chi connectivity index (χ1) is 11.6. The van der Waals surface area contributed by atoms with Crippen LogP contribution in [0.3, 0.4) is 0 Å². The summed E-state index contributed by atoms with van der Waals surface area (Å²) in [4.78, 5) is 16.6. The zero-order chi connectivity index (χ0) is 17.0. The molecule has 128 valence electrons. The molecular weight excluding hydrogens is 302 g/mol. The van der Waals surface area contributed by atoms with E-state index in [1.165, 1.54) is 0 Å². The van der Waals surface area contributed by atoms with Gasteiger partial charge in [-0.15, -0.1) is 0 Å². The van der Waals surface area contributed by atoms with Gasteiger partial charge in [-0.3, -0.25) is 4.79 Å². The summed E-state index contributed by atoms with van der Waals surface area (Å²) in [6.07, 6.45) is 4.93. The van der Waals surface area contributed by atoms with Crippen LogP contribution >= 0.6 is 0 Å². The van der Waals surface area contributed by atoms with Gasteiger partial charge in [-0.2, -0.15) is 5.26 Å². The van der Waals surface area contributed by atoms with Crippen LogP contribution in [0.4, 0.5) is 5.69 Å². The second-order valence-electron chi connectivity index (χ2n) is 6.96. The summed E-state index contributed by atoms with van der Waals surface area (Å²) in [5.41, 5.74) is 0.826. The zero-order valence-electron chi connectivity index (χ0n) is 14.1. The number of carbonyl (C=O) groups excluding carboxylic acids is 1. The first-order valence-electron chi connectivity index (χ1n) is 8.86. The van der Waals surface area contributed by atoms with Crippen molar-refractivity contribution in [2.75, 3.05) is 31.1 Å². The quantitative estimate of drug-likeness (QED) is 0.925. The van der Waals surface area contributed by atoms with E-state index in [0.717, 1.165) is 50.9 Å². The fourth-order valence-electron chi connectivity index (χ4n) is 3.82. The van der Waals surface area contributed by atoms with E-state index in [1.54, 1.807) is 0 Å². The van der Waals surface area contributed by atoms with E-state index in [2.05, 4.69) is 11.0 Å². The number of nitrogens with zero attached hydrogens (tertiary/aromatic N) is 3. The molecule has 5 nitrogen and oxygen atoms in total. The average Bonchev–Trinajstić information content (AvgIpc) is 2.62. The highest BCUT2D eigenvalue weighted by molar-refractivity contribution is 5.77. The second kappa shape index (κ2) is 7.23. The van der Waals surface area contributed by atoms with Crippen molar-refractivity contribution in [1.82, 2.24) is 4.90 Å². The molecular formula is C19H25N3O2. The highest BCUT2D eigenvalue weighted by atomic mass is 16.3. The monoisotopic (exact) mass is 327 g/mol. The number of anilines is 1. The SMILES string of the molecule is N#Cc1ccccc1N1CCN(C(=O)CC2(O)CCCCC2)CC1. The minimum Gasteiger partial charge on any atom is -0.389 e. The number of piperazine rings is 1. The Balaban J connectivity index is 1.57. The van der Waals surface area contributed by atoms with Gasteiger partial charge in [0.1, 0.15) is 6.07 Å². The van der Waals surface area contributed by atoms with E-state index in [1.807, 2.05) is 29.2 Å². The van der Waals surface area contributed by atoms with Crippen LogP contribution in [0, 0.1) is 11.3 Å². The lowest BCUT2D eigenvalue weighted by atomic mass is 9.82. The Morgan fingerprint density at radius 3 is 2.46 bits per heavy atom. The van der Waals surface area contributed by atoms with Gasteiger partial charge < -0.3 is 14.9 Å². The van der Waals surface area contributed by atoms with Crippen molar-refractivity contribution in [3.05, 3.63) is 29.8 Å². The average molecular weight is 327 g/mol. The molecule has 0 radical (unpaired) electrons. The summed E-state index contributed by atoms with van der Waals surface area (Å²) in [7, 11) is 0. The Morgan fingerprint density at radius 1 is 1.12 bits per heavy atom. The number of hydrogen-bond acceptors (Lipinski definition) is 4. The van der Waals surface area contributed by atoms with E-state index >= 15 is 0 Å². The molecule has 1 aromatic carbocycles. The third kappa shape index (κ3) is 3.70. The molecule has 5 heteroatoms. The fraction of sp³-hybridized carbons (Fsp3) is 0.579. The van der Waals surface area contributed by atoms with Crippen LogP contribution in [0.15, 0.2) is 24.3 Å². The van der Waals surface area contributed by atoms with Crippen LogP contribution in [0.5, 0.6) is 0 Å². The number of carbonyl (C=O) groups is 1. The molecule has 1 aliphatic carbocycles. The van der Waals surface area contributed by atoms with Crippen LogP contribution in [0.1, 0.15) is 44.1 Å². The van der Waals surface area contributed by atoms with E-state index in [9.17, 15) is 15.2 Å². The van der Waals surface area contributed by atoms with Crippen molar-refractivity contribution in [2.24, 2.45) is 0 Å². The summed E-state index contributed by atoms with van der Waals surface area (Å²) in [5, 5.41) is 19.8. The number of amides is 1. The van der Waals surface area contributed by atoms with Gasteiger partial charge in [-0.1, -0.05) is 31.4 Å². The van der Waals surface area contributed by atoms with Gasteiger partial charge in [0.15, 0.2) is 0 Å². The van der Waals surface area contributed by atoms with Crippen molar-refractivity contribution in [3.8, 4) is 6.07 Å². The Labute approximate surface area is 143 Å². The maximum Gasteiger partial charge on any atom is 0.225 e. The van der Waals surface area contributed by atoms with Gasteiger partial charge in [-0.25, -0.2) is 0 Å². The lowest BCUT2D eigenvalue weighted by molar-refractivity contribution is -0.138. The highest BCUT2D eigenvalue weighted by Gasteiger charge is 2.34. The predicted molar refractivity (Wildman–Crippen MR) is 92.6 cm³/mol. The Morgan fingerprint density at radius 2 is 1.79 bits per heavy atom. The molecule has 0 aromatic heterocycles. The first kappa shape index (κ1) is 16.8. The summed E-state index contributed by atoms with van der Waals surface area (Å²) >= 11 is 0. The van der Waals surface area contributed by atoms with Crippen LogP contribution in [0.25, 0.3) is 0 Å². The molecule has 1 N–H and O–H groups in total. The molecule has 0 unspecified atom stereocenters. The number of nitriles is 1. The van der Waals surface area contributed by atoms with Crippen LogP contribution < -0.4 is 4.90 Å². The first-order valence-corrected chi connectivity index (χ1v) is 8.86. The third-order valence-electron chi connectivity index (χ3n) is 5.26. The van der Waals surface area contributed by atoms with Crippen molar-refractivity contribution in [1.29, 1.82) is 5.26 Å². The molecule has 0 atom stereocenters. The van der Waals surface area contributed by atoms with E-state index in [-0.39, 0.29) is 12.3 Å². The molecule has 0 spiro atoms. The van der Waals surface area contributed by atoms with Gasteiger partial charge in [-0.05, 0) is 25.0 Å². The van der Waals surface area contributed by atoms with Crippen molar-refractivity contribution in [2.45, 2.75) is 44.1 Å². The molecule has 24 heavy (non-hydrogen) atoms. The van der Waals surface area contributed by atoms with E-state index in [4.69, 9.17) is 0 Å². The number of aliphatic hydroxyl groups is 1. The maximum atomic E-state index is 12.5. The van der Waals surface area contributed by atoms with E-state index in [0.29, 0.717) is 18.7 Å². The molecule has 0 bridgehead atoms. The number of para-hydroxylation sites is 1. The summed E-state index contributed by atoms with van der Waals surface area (Å²) in [6.45, 7) is 2.75. The molecule has 1 aromatic rings. The van der Waals surface area contributed by atoms with Gasteiger partial charge in [0.25, 0.3) is 0 Å². The van der Waals surface area contributed by atoms with E-state index < -0.39 is 5.60 Å². The largest absolute Gasteiger partial charge is 0.389 e. The second-order valence-corrected chi connectivity index (χ2v) is 6.96. The summed E-state index contributed by atoms with van der Waals surface area (Å²) in [6, 6.07) is 9.82. The van der Waals surface area contributed by atoms with Gasteiger partial charge >= 0.3 is 0 Å². The highest BCUT2D eigenvalue weighted by Crippen LogP contribution is 2.31. The topological polar surface area (TPSA) is 67.6 Å². The normalized spacial score (nSPS) is 20.5. The van der Waals surface area contributed by atoms with Crippen LogP contribution in [-0.4, -0.2) is 47.7 Å². The Hall–Kier alpha value is -2.06. The molecule has 2 fully saturated rings. The van der Waals surface area contributed by atoms with Crippen molar-refractivity contribution in [3.63, 3.8) is 0 Å². The smallest absolute Gasteiger partial charge is 0.225 e. The zero-order valence-corrected chi connectivity index (χ0v) is 14.1. The Kier molecular flexibility index (Phi) is 5.06. The molecule has 1 aliphatic heterocycles. The van der Waals surface area contributed by atoms with Gasteiger partial charge in [0.05, 0.1) is 23.3 Å². The lowest BCUT2D eigenvalue weighted by Crippen LogP contribution is -2.50. The van der Waals surface area contributed by atoms with Crippen molar-refractivity contribution >= 4 is 11.6 Å². The van der Waals surface area contributed by atoms with Crippen LogP contribution in [-0.2, 0) is 4.79 Å². The summed E-state index contributed by atoms with van der Waals surface area (Å²) < 4.78 is 0. The van der Waals surface area contributed by atoms with Gasteiger partial charge in [0.2, 0.25) is 5.91 Å². The summed E-state index contributed by atoms with van der Waals surface area (Å²) in [5.74, 6) is 0.0626. The van der Waals surface area contributed by atoms with Crippen LogP contribution in [0.2, 0.25) is 0 Å². The number of rotatable bonds is 3. The molecule has 1 saturated heterocycles. The lowest BCUT2D eigenvalue weighted by Gasteiger charge is -2.38. The molecule has 1 heterocycles. The molecule has 2 aliphatic rings. The predicted octanol–water partition coefficient (Wildman–Crippen LogP) is 2.29. The number of hydrogen-bond donors (Lipinski definition) is 1. The Bertz CT molecular complexity index is 624. The molecule has 1 amide bonds. The number of benzene rings is 1. The fourth-order valence-corrected chi connectivity index (χ4v) is 3.82. The standard InChI is InChI=1S/C19H25N3O2/c20-15-16-6-2-3-7-17(16)21-10-12-22(13-11-21)18(23)14-19(24)8-4-1-5-9-19/h2-3,6-7,24H,1,4-5,8-14H2. The molecule has 1 saturated carbocycles.